The monoisotopic (exact) mass is 289 g/mol. The van der Waals surface area contributed by atoms with E-state index in [0.29, 0.717) is 0 Å². The molecule has 1 saturated heterocycles. The molecule has 1 aliphatic rings. The van der Waals surface area contributed by atoms with Crippen LogP contribution >= 0.6 is 0 Å². The summed E-state index contributed by atoms with van der Waals surface area (Å²) in [6.07, 6.45) is 0. The van der Waals surface area contributed by atoms with Crippen LogP contribution in [0.15, 0.2) is 18.2 Å². The number of hydrogen-bond acceptors (Lipinski definition) is 3. The number of nitrogens with zero attached hydrogens (tertiary/aromatic N) is 1. The molecule has 3 N–H and O–H groups in total. The van der Waals surface area contributed by atoms with Gasteiger partial charge in [-0.3, -0.25) is 10.3 Å². The molecule has 0 bridgehead atoms. The zero-order valence-corrected chi connectivity index (χ0v) is 13.8. The van der Waals surface area contributed by atoms with E-state index >= 15 is 0 Å². The SMILES string of the molecule is Cc1cc(C(=N)N)ccc1CN1CC(C)(C)OC(C)(C)C1. The van der Waals surface area contributed by atoms with Crippen molar-refractivity contribution in [1.29, 1.82) is 5.41 Å². The van der Waals surface area contributed by atoms with Crippen LogP contribution in [0.1, 0.15) is 44.4 Å². The Morgan fingerprint density at radius 2 is 1.81 bits per heavy atom. The number of hydrogen-bond donors (Lipinski definition) is 2. The van der Waals surface area contributed by atoms with Crippen LogP contribution in [0.2, 0.25) is 0 Å². The third-order valence-electron chi connectivity index (χ3n) is 3.81. The highest BCUT2D eigenvalue weighted by Gasteiger charge is 2.37. The summed E-state index contributed by atoms with van der Waals surface area (Å²) in [6.45, 7) is 13.4. The number of amidine groups is 1. The van der Waals surface area contributed by atoms with E-state index in [2.05, 4.69) is 45.6 Å². The molecule has 0 amide bonds. The minimum atomic E-state index is -0.130. The van der Waals surface area contributed by atoms with Gasteiger partial charge in [-0.15, -0.1) is 0 Å². The average molecular weight is 289 g/mol. The van der Waals surface area contributed by atoms with Gasteiger partial charge < -0.3 is 10.5 Å². The summed E-state index contributed by atoms with van der Waals surface area (Å²) < 4.78 is 6.12. The van der Waals surface area contributed by atoms with Crippen molar-refractivity contribution in [2.45, 2.75) is 52.4 Å². The fraction of sp³-hybridized carbons (Fsp3) is 0.588. The van der Waals surface area contributed by atoms with E-state index in [1.54, 1.807) is 0 Å². The molecule has 1 aromatic rings. The third kappa shape index (κ3) is 4.05. The van der Waals surface area contributed by atoms with Crippen LogP contribution in [0.5, 0.6) is 0 Å². The topological polar surface area (TPSA) is 62.3 Å². The lowest BCUT2D eigenvalue weighted by atomic mass is 9.97. The molecule has 4 heteroatoms. The van der Waals surface area contributed by atoms with E-state index in [1.807, 2.05) is 12.1 Å². The number of nitrogens with one attached hydrogen (secondary N) is 1. The van der Waals surface area contributed by atoms with Crippen molar-refractivity contribution in [3.05, 3.63) is 34.9 Å². The Balaban J connectivity index is 2.16. The van der Waals surface area contributed by atoms with Gasteiger partial charge in [0.15, 0.2) is 0 Å². The van der Waals surface area contributed by atoms with Crippen molar-refractivity contribution in [3.63, 3.8) is 0 Å². The Hall–Kier alpha value is -1.39. The van der Waals surface area contributed by atoms with Crippen LogP contribution in [-0.4, -0.2) is 35.0 Å². The van der Waals surface area contributed by atoms with Gasteiger partial charge >= 0.3 is 0 Å². The zero-order chi connectivity index (χ0) is 15.8. The highest BCUT2D eigenvalue weighted by atomic mass is 16.5. The van der Waals surface area contributed by atoms with Gasteiger partial charge in [0.05, 0.1) is 11.2 Å². The fourth-order valence-corrected chi connectivity index (χ4v) is 3.34. The molecule has 0 atom stereocenters. The van der Waals surface area contributed by atoms with Crippen molar-refractivity contribution in [2.24, 2.45) is 5.73 Å². The molecule has 0 radical (unpaired) electrons. The second kappa shape index (κ2) is 5.43. The van der Waals surface area contributed by atoms with E-state index in [1.165, 1.54) is 11.1 Å². The average Bonchev–Trinajstić information content (AvgIpc) is 2.27. The molecule has 0 aromatic heterocycles. The number of rotatable bonds is 3. The largest absolute Gasteiger partial charge is 0.384 e. The lowest BCUT2D eigenvalue weighted by molar-refractivity contribution is -0.182. The molecule has 4 nitrogen and oxygen atoms in total. The molecule has 1 fully saturated rings. The standard InChI is InChI=1S/C17H27N3O/c1-12-8-13(15(18)19)6-7-14(12)9-20-10-16(2,3)21-17(4,5)11-20/h6-8H,9-11H2,1-5H3,(H3,18,19). The second-order valence-corrected chi connectivity index (χ2v) is 7.32. The summed E-state index contributed by atoms with van der Waals surface area (Å²) in [5.41, 5.74) is 8.55. The molecular weight excluding hydrogens is 262 g/mol. The third-order valence-corrected chi connectivity index (χ3v) is 3.81. The summed E-state index contributed by atoms with van der Waals surface area (Å²) in [5.74, 6) is 0.123. The first-order chi connectivity index (χ1) is 9.58. The smallest absolute Gasteiger partial charge is 0.122 e. The van der Waals surface area contributed by atoms with Gasteiger partial charge in [-0.1, -0.05) is 12.1 Å². The summed E-state index contributed by atoms with van der Waals surface area (Å²) in [4.78, 5) is 2.44. The zero-order valence-electron chi connectivity index (χ0n) is 13.8. The van der Waals surface area contributed by atoms with Crippen LogP contribution in [0.3, 0.4) is 0 Å². The highest BCUT2D eigenvalue weighted by Crippen LogP contribution is 2.29. The lowest BCUT2D eigenvalue weighted by Crippen LogP contribution is -2.56. The Bertz CT molecular complexity index is 533. The first kappa shape index (κ1) is 16.0. The van der Waals surface area contributed by atoms with Gasteiger partial charge in [0, 0.05) is 25.2 Å². The van der Waals surface area contributed by atoms with E-state index in [-0.39, 0.29) is 17.0 Å². The van der Waals surface area contributed by atoms with Crippen LogP contribution in [0.4, 0.5) is 0 Å². The molecule has 116 valence electrons. The predicted octanol–water partition coefficient (Wildman–Crippen LogP) is 2.67. The van der Waals surface area contributed by atoms with E-state index in [4.69, 9.17) is 15.9 Å². The Morgan fingerprint density at radius 3 is 2.29 bits per heavy atom. The Labute approximate surface area is 127 Å². The molecule has 21 heavy (non-hydrogen) atoms. The lowest BCUT2D eigenvalue weighted by Gasteiger charge is -2.47. The van der Waals surface area contributed by atoms with Gasteiger partial charge in [0.25, 0.3) is 0 Å². The van der Waals surface area contributed by atoms with Crippen LogP contribution < -0.4 is 5.73 Å². The van der Waals surface area contributed by atoms with Crippen molar-refractivity contribution in [1.82, 2.24) is 4.90 Å². The molecule has 1 aromatic carbocycles. The molecule has 0 unspecified atom stereocenters. The Morgan fingerprint density at radius 1 is 1.24 bits per heavy atom. The van der Waals surface area contributed by atoms with Crippen LogP contribution in [0.25, 0.3) is 0 Å². The first-order valence-electron chi connectivity index (χ1n) is 7.44. The number of benzene rings is 1. The first-order valence-corrected chi connectivity index (χ1v) is 7.44. The number of morpholine rings is 1. The minimum Gasteiger partial charge on any atom is -0.384 e. The minimum absolute atomic E-state index is 0.123. The van der Waals surface area contributed by atoms with Gasteiger partial charge in [-0.05, 0) is 51.8 Å². The maximum absolute atomic E-state index is 7.51. The summed E-state index contributed by atoms with van der Waals surface area (Å²) in [7, 11) is 0. The fourth-order valence-electron chi connectivity index (χ4n) is 3.34. The molecule has 0 aliphatic carbocycles. The number of ether oxygens (including phenoxy) is 1. The Kier molecular flexibility index (Phi) is 4.13. The van der Waals surface area contributed by atoms with Crippen LogP contribution in [-0.2, 0) is 11.3 Å². The van der Waals surface area contributed by atoms with Gasteiger partial charge in [-0.25, -0.2) is 0 Å². The summed E-state index contributed by atoms with van der Waals surface area (Å²) in [5, 5.41) is 7.51. The normalized spacial score (nSPS) is 21.2. The summed E-state index contributed by atoms with van der Waals surface area (Å²) >= 11 is 0. The molecule has 2 rings (SSSR count). The van der Waals surface area contributed by atoms with Gasteiger partial charge in [0.1, 0.15) is 5.84 Å². The van der Waals surface area contributed by atoms with Gasteiger partial charge in [-0.2, -0.15) is 0 Å². The molecular formula is C17H27N3O. The second-order valence-electron chi connectivity index (χ2n) is 7.32. The molecule has 1 aliphatic heterocycles. The highest BCUT2D eigenvalue weighted by molar-refractivity contribution is 5.95. The van der Waals surface area contributed by atoms with E-state index in [9.17, 15) is 0 Å². The van der Waals surface area contributed by atoms with E-state index < -0.39 is 0 Å². The van der Waals surface area contributed by atoms with Crippen molar-refractivity contribution in [3.8, 4) is 0 Å². The van der Waals surface area contributed by atoms with Crippen LogP contribution in [0, 0.1) is 12.3 Å². The summed E-state index contributed by atoms with van der Waals surface area (Å²) in [6, 6.07) is 6.01. The quantitative estimate of drug-likeness (QED) is 0.664. The number of nitrogen functional groups attached to an aromatic ring is 1. The molecule has 0 saturated carbocycles. The molecule has 1 heterocycles. The number of aryl methyl sites for hydroxylation is 1. The van der Waals surface area contributed by atoms with Gasteiger partial charge in [0.2, 0.25) is 0 Å². The number of nitrogens with two attached hydrogens (primary N) is 1. The maximum atomic E-state index is 7.51. The predicted molar refractivity (Wildman–Crippen MR) is 86.7 cm³/mol. The van der Waals surface area contributed by atoms with Crippen molar-refractivity contribution in [2.75, 3.05) is 13.1 Å². The van der Waals surface area contributed by atoms with E-state index in [0.717, 1.165) is 25.2 Å². The molecule has 0 spiro atoms. The van der Waals surface area contributed by atoms with Crippen molar-refractivity contribution >= 4 is 5.84 Å². The maximum Gasteiger partial charge on any atom is 0.122 e. The van der Waals surface area contributed by atoms with Crippen molar-refractivity contribution < 1.29 is 4.74 Å².